The number of sulfonamides is 1. The molecule has 0 saturated heterocycles. The Hall–Kier alpha value is -2.74. The molecule has 1 atom stereocenters. The number of benzene rings is 2. The van der Waals surface area contributed by atoms with Gasteiger partial charge in [0.1, 0.15) is 17.5 Å². The Kier molecular flexibility index (Phi) is 5.76. The van der Waals surface area contributed by atoms with Gasteiger partial charge in [0, 0.05) is 6.07 Å². The molecule has 2 rings (SSSR count). The molecule has 0 radical (unpaired) electrons. The van der Waals surface area contributed by atoms with Crippen LogP contribution in [0.3, 0.4) is 0 Å². The highest BCUT2D eigenvalue weighted by Gasteiger charge is 2.35. The lowest BCUT2D eigenvalue weighted by atomic mass is 10.2. The fourth-order valence-corrected chi connectivity index (χ4v) is 4.05. The molecule has 0 saturated carbocycles. The van der Waals surface area contributed by atoms with Crippen LogP contribution in [0.5, 0.6) is 11.5 Å². The number of methoxy groups -OCH3 is 2. The van der Waals surface area contributed by atoms with E-state index in [1.165, 1.54) is 45.4 Å². The zero-order valence-corrected chi connectivity index (χ0v) is 15.8. The minimum atomic E-state index is -4.16. The smallest absolute Gasteiger partial charge is 0.327 e. The van der Waals surface area contributed by atoms with E-state index in [1.807, 2.05) is 6.92 Å². The summed E-state index contributed by atoms with van der Waals surface area (Å²) < 4.78 is 37.7. The van der Waals surface area contributed by atoms with E-state index in [0.717, 1.165) is 9.87 Å². The topological polar surface area (TPSA) is 93.1 Å². The van der Waals surface area contributed by atoms with Gasteiger partial charge in [-0.3, -0.25) is 0 Å². The first kappa shape index (κ1) is 19.6. The lowest BCUT2D eigenvalue weighted by molar-refractivity contribution is -0.137. The van der Waals surface area contributed by atoms with E-state index < -0.39 is 22.0 Å². The van der Waals surface area contributed by atoms with Crippen LogP contribution >= 0.6 is 0 Å². The van der Waals surface area contributed by atoms with E-state index in [1.54, 1.807) is 18.2 Å². The SMILES string of the molecule is COc1ccc(OC)c(N(C(C)C(=O)O)S(=O)(=O)c2ccc(C)cc2)c1. The van der Waals surface area contributed by atoms with Crippen molar-refractivity contribution in [3.05, 3.63) is 48.0 Å². The molecule has 26 heavy (non-hydrogen) atoms. The molecule has 0 heterocycles. The molecule has 0 spiro atoms. The molecule has 1 unspecified atom stereocenters. The van der Waals surface area contributed by atoms with Gasteiger partial charge in [-0.2, -0.15) is 0 Å². The summed E-state index contributed by atoms with van der Waals surface area (Å²) in [4.78, 5) is 11.6. The highest BCUT2D eigenvalue weighted by Crippen LogP contribution is 2.37. The molecule has 0 fully saturated rings. The van der Waals surface area contributed by atoms with E-state index >= 15 is 0 Å². The van der Waals surface area contributed by atoms with Gasteiger partial charge in [-0.15, -0.1) is 0 Å². The molecular formula is C18H21NO6S. The number of rotatable bonds is 7. The molecule has 2 aromatic carbocycles. The maximum atomic E-state index is 13.2. The van der Waals surface area contributed by atoms with Crippen molar-refractivity contribution >= 4 is 21.7 Å². The fourth-order valence-electron chi connectivity index (χ4n) is 2.44. The van der Waals surface area contributed by atoms with Crippen LogP contribution in [-0.4, -0.2) is 39.8 Å². The van der Waals surface area contributed by atoms with Gasteiger partial charge < -0.3 is 14.6 Å². The van der Waals surface area contributed by atoms with Gasteiger partial charge in [-0.25, -0.2) is 17.5 Å². The van der Waals surface area contributed by atoms with Gasteiger partial charge in [-0.05, 0) is 38.1 Å². The van der Waals surface area contributed by atoms with E-state index in [9.17, 15) is 18.3 Å². The molecule has 0 aliphatic carbocycles. The number of carboxylic acids is 1. The monoisotopic (exact) mass is 379 g/mol. The Labute approximate surface area is 152 Å². The van der Waals surface area contributed by atoms with Crippen molar-refractivity contribution in [1.29, 1.82) is 0 Å². The minimum absolute atomic E-state index is 0.0129. The lowest BCUT2D eigenvalue weighted by Crippen LogP contribution is -2.43. The van der Waals surface area contributed by atoms with Gasteiger partial charge in [0.05, 0.1) is 24.8 Å². The van der Waals surface area contributed by atoms with E-state index in [2.05, 4.69) is 0 Å². The van der Waals surface area contributed by atoms with Crippen molar-refractivity contribution in [1.82, 2.24) is 0 Å². The third-order valence-corrected chi connectivity index (χ3v) is 5.81. The first-order chi connectivity index (χ1) is 12.2. The van der Waals surface area contributed by atoms with Crippen molar-refractivity contribution in [2.24, 2.45) is 0 Å². The molecule has 0 aromatic heterocycles. The highest BCUT2D eigenvalue weighted by atomic mass is 32.2. The number of anilines is 1. The van der Waals surface area contributed by atoms with Crippen molar-refractivity contribution in [3.63, 3.8) is 0 Å². The first-order valence-electron chi connectivity index (χ1n) is 7.78. The average molecular weight is 379 g/mol. The Morgan fingerprint density at radius 1 is 1.08 bits per heavy atom. The molecular weight excluding hydrogens is 358 g/mol. The van der Waals surface area contributed by atoms with Crippen LogP contribution in [0.2, 0.25) is 0 Å². The number of ether oxygens (including phenoxy) is 2. The Bertz CT molecular complexity index is 892. The number of nitrogens with zero attached hydrogens (tertiary/aromatic N) is 1. The summed E-state index contributed by atoms with van der Waals surface area (Å²) in [5, 5.41) is 9.48. The van der Waals surface area contributed by atoms with Crippen molar-refractivity contribution in [3.8, 4) is 11.5 Å². The van der Waals surface area contributed by atoms with Crippen molar-refractivity contribution < 1.29 is 27.8 Å². The van der Waals surface area contributed by atoms with Crippen LogP contribution in [0.25, 0.3) is 0 Å². The van der Waals surface area contributed by atoms with Crippen molar-refractivity contribution in [2.45, 2.75) is 24.8 Å². The summed E-state index contributed by atoms with van der Waals surface area (Å²) in [5.41, 5.74) is 0.975. The molecule has 7 nitrogen and oxygen atoms in total. The number of carboxylic acid groups (broad SMARTS) is 1. The summed E-state index contributed by atoms with van der Waals surface area (Å²) in [7, 11) is -1.34. The maximum absolute atomic E-state index is 13.2. The van der Waals surface area contributed by atoms with E-state index in [4.69, 9.17) is 9.47 Å². The summed E-state index contributed by atoms with van der Waals surface area (Å²) in [5.74, 6) is -0.692. The van der Waals surface area contributed by atoms with E-state index in [-0.39, 0.29) is 16.3 Å². The molecule has 1 N–H and O–H groups in total. The predicted octanol–water partition coefficient (Wildman–Crippen LogP) is 2.68. The Balaban J connectivity index is 2.72. The molecule has 0 aliphatic heterocycles. The van der Waals surface area contributed by atoms with Crippen LogP contribution in [0.1, 0.15) is 12.5 Å². The number of hydrogen-bond acceptors (Lipinski definition) is 5. The summed E-state index contributed by atoms with van der Waals surface area (Å²) >= 11 is 0. The normalized spacial score (nSPS) is 12.3. The quantitative estimate of drug-likeness (QED) is 0.795. The van der Waals surface area contributed by atoms with Crippen LogP contribution in [0, 0.1) is 6.92 Å². The average Bonchev–Trinajstić information content (AvgIpc) is 2.61. The third kappa shape index (κ3) is 3.75. The fraction of sp³-hybridized carbons (Fsp3) is 0.278. The maximum Gasteiger partial charge on any atom is 0.327 e. The zero-order valence-electron chi connectivity index (χ0n) is 15.0. The van der Waals surface area contributed by atoms with Crippen LogP contribution < -0.4 is 13.8 Å². The summed E-state index contributed by atoms with van der Waals surface area (Å²) in [6, 6.07) is 9.40. The second-order valence-corrected chi connectivity index (χ2v) is 7.48. The standard InChI is InChI=1S/C18H21NO6S/c1-12-5-8-15(9-6-12)26(22,23)19(13(2)18(20)21)16-11-14(24-3)7-10-17(16)25-4/h5-11,13H,1-4H3,(H,20,21). The second-order valence-electron chi connectivity index (χ2n) is 5.67. The van der Waals surface area contributed by atoms with Gasteiger partial charge >= 0.3 is 5.97 Å². The largest absolute Gasteiger partial charge is 0.497 e. The number of hydrogen-bond donors (Lipinski definition) is 1. The molecule has 8 heteroatoms. The van der Waals surface area contributed by atoms with Crippen molar-refractivity contribution in [2.75, 3.05) is 18.5 Å². The lowest BCUT2D eigenvalue weighted by Gasteiger charge is -2.29. The number of aryl methyl sites for hydroxylation is 1. The third-order valence-electron chi connectivity index (χ3n) is 3.91. The van der Waals surface area contributed by atoms with Gasteiger partial charge in [0.25, 0.3) is 10.0 Å². The summed E-state index contributed by atoms with van der Waals surface area (Å²) in [6.45, 7) is 3.13. The Morgan fingerprint density at radius 3 is 2.19 bits per heavy atom. The second kappa shape index (κ2) is 7.65. The molecule has 0 aliphatic rings. The summed E-state index contributed by atoms with van der Waals surface area (Å²) in [6.07, 6.45) is 0. The predicted molar refractivity (Wildman–Crippen MR) is 97.5 cm³/mol. The van der Waals surface area contributed by atoms with Crippen LogP contribution in [0.15, 0.2) is 47.4 Å². The van der Waals surface area contributed by atoms with Crippen LogP contribution in [-0.2, 0) is 14.8 Å². The first-order valence-corrected chi connectivity index (χ1v) is 9.22. The van der Waals surface area contributed by atoms with Gasteiger partial charge in [0.15, 0.2) is 0 Å². The number of carbonyl (C=O) groups is 1. The van der Waals surface area contributed by atoms with Crippen LogP contribution in [0.4, 0.5) is 5.69 Å². The molecule has 0 bridgehead atoms. The van der Waals surface area contributed by atoms with E-state index in [0.29, 0.717) is 5.75 Å². The minimum Gasteiger partial charge on any atom is -0.497 e. The molecule has 140 valence electrons. The highest BCUT2D eigenvalue weighted by molar-refractivity contribution is 7.93. The zero-order chi connectivity index (χ0) is 19.5. The van der Waals surface area contributed by atoms with Gasteiger partial charge in [-0.1, -0.05) is 17.7 Å². The Morgan fingerprint density at radius 2 is 1.69 bits per heavy atom. The van der Waals surface area contributed by atoms with Gasteiger partial charge in [0.2, 0.25) is 0 Å². The molecule has 0 amide bonds. The number of aliphatic carboxylic acids is 1. The molecule has 2 aromatic rings.